The van der Waals surface area contributed by atoms with E-state index < -0.39 is 0 Å². The first-order chi connectivity index (χ1) is 10.6. The van der Waals surface area contributed by atoms with E-state index in [9.17, 15) is 9.59 Å². The van der Waals surface area contributed by atoms with Crippen LogP contribution in [0.1, 0.15) is 12.0 Å². The Morgan fingerprint density at radius 1 is 1.05 bits per heavy atom. The number of nitrogens with zero attached hydrogens (tertiary/aromatic N) is 1. The Kier molecular flexibility index (Phi) is 2.35. The highest BCUT2D eigenvalue weighted by Crippen LogP contribution is 2.65. The number of amides is 2. The number of carbonyl (C=O) groups excluding carboxylic acids is 2. The van der Waals surface area contributed by atoms with Gasteiger partial charge in [-0.05, 0) is 54.7 Å². The van der Waals surface area contributed by atoms with Crippen molar-refractivity contribution in [1.82, 2.24) is 0 Å². The predicted molar refractivity (Wildman–Crippen MR) is 83.4 cm³/mol. The van der Waals surface area contributed by atoms with Crippen molar-refractivity contribution in [2.75, 3.05) is 4.90 Å². The summed E-state index contributed by atoms with van der Waals surface area (Å²) in [6, 6.07) is 5.42. The fourth-order valence-electron chi connectivity index (χ4n) is 5.03. The monoisotopic (exact) mass is 313 g/mol. The summed E-state index contributed by atoms with van der Waals surface area (Å²) in [5.74, 6) is 1.45. The Labute approximate surface area is 133 Å². The van der Waals surface area contributed by atoms with Crippen molar-refractivity contribution in [3.05, 3.63) is 40.9 Å². The largest absolute Gasteiger partial charge is 0.274 e. The molecule has 4 heteroatoms. The summed E-state index contributed by atoms with van der Waals surface area (Å²) in [4.78, 5) is 27.4. The predicted octanol–water partition coefficient (Wildman–Crippen LogP) is 3.21. The van der Waals surface area contributed by atoms with Crippen molar-refractivity contribution in [2.24, 2.45) is 35.5 Å². The van der Waals surface area contributed by atoms with Crippen LogP contribution in [-0.4, -0.2) is 11.8 Å². The summed E-state index contributed by atoms with van der Waals surface area (Å²) in [6.45, 7) is 1.87. The lowest BCUT2D eigenvalue weighted by atomic mass is 9.63. The molecule has 2 amide bonds. The van der Waals surface area contributed by atoms with Crippen LogP contribution in [0.15, 0.2) is 30.4 Å². The molecule has 3 fully saturated rings. The van der Waals surface area contributed by atoms with E-state index in [1.807, 2.05) is 13.0 Å². The number of benzene rings is 1. The first kappa shape index (κ1) is 12.9. The van der Waals surface area contributed by atoms with Gasteiger partial charge in [0.05, 0.1) is 17.5 Å². The van der Waals surface area contributed by atoms with Crippen LogP contribution in [0.5, 0.6) is 0 Å². The van der Waals surface area contributed by atoms with Gasteiger partial charge >= 0.3 is 0 Å². The fraction of sp³-hybridized carbons (Fsp3) is 0.444. The molecule has 1 aromatic rings. The molecule has 4 aliphatic carbocycles. The molecule has 5 aliphatic rings. The Hall–Kier alpha value is -1.61. The molecule has 1 aliphatic heterocycles. The second-order valence-electron chi connectivity index (χ2n) is 7.05. The highest BCUT2D eigenvalue weighted by atomic mass is 35.5. The van der Waals surface area contributed by atoms with Crippen molar-refractivity contribution in [3.63, 3.8) is 0 Å². The lowest BCUT2D eigenvalue weighted by Crippen LogP contribution is -2.40. The summed E-state index contributed by atoms with van der Waals surface area (Å²) in [5.41, 5.74) is 1.46. The third-order valence-corrected chi connectivity index (χ3v) is 6.55. The van der Waals surface area contributed by atoms with Gasteiger partial charge in [-0.2, -0.15) is 0 Å². The molecule has 3 nitrogen and oxygen atoms in total. The molecule has 2 bridgehead atoms. The molecular weight excluding hydrogens is 298 g/mol. The second kappa shape index (κ2) is 4.02. The molecule has 0 spiro atoms. The van der Waals surface area contributed by atoms with Crippen molar-refractivity contribution < 1.29 is 9.59 Å². The molecule has 0 aromatic heterocycles. The van der Waals surface area contributed by atoms with Gasteiger partial charge in [0.25, 0.3) is 0 Å². The van der Waals surface area contributed by atoms with Crippen LogP contribution in [0.2, 0.25) is 5.02 Å². The van der Waals surface area contributed by atoms with E-state index in [1.165, 1.54) is 11.3 Å². The Morgan fingerprint density at radius 2 is 1.64 bits per heavy atom. The van der Waals surface area contributed by atoms with Crippen LogP contribution in [0.4, 0.5) is 5.69 Å². The number of halogens is 1. The molecule has 0 unspecified atom stereocenters. The fourth-order valence-corrected chi connectivity index (χ4v) is 5.20. The Balaban J connectivity index is 1.62. The summed E-state index contributed by atoms with van der Waals surface area (Å²) in [7, 11) is 0. The van der Waals surface area contributed by atoms with Crippen molar-refractivity contribution in [3.8, 4) is 0 Å². The van der Waals surface area contributed by atoms with Crippen molar-refractivity contribution in [2.45, 2.75) is 13.3 Å². The summed E-state index contributed by atoms with van der Waals surface area (Å²) in [5, 5.41) is 0.594. The van der Waals surface area contributed by atoms with Gasteiger partial charge in [-0.1, -0.05) is 29.8 Å². The minimum absolute atomic E-state index is 0.0231. The van der Waals surface area contributed by atoms with E-state index in [2.05, 4.69) is 12.2 Å². The molecule has 6 atom stereocenters. The number of anilines is 1. The number of carbonyl (C=O) groups is 2. The van der Waals surface area contributed by atoms with E-state index in [-0.39, 0.29) is 35.5 Å². The zero-order valence-corrected chi connectivity index (χ0v) is 13.0. The molecule has 1 aromatic carbocycles. The molecule has 2 saturated carbocycles. The summed E-state index contributed by atoms with van der Waals surface area (Å²) in [6.07, 6.45) is 5.57. The van der Waals surface area contributed by atoms with E-state index in [0.29, 0.717) is 22.5 Å². The van der Waals surface area contributed by atoms with Crippen molar-refractivity contribution >= 4 is 29.1 Å². The topological polar surface area (TPSA) is 37.4 Å². The average Bonchev–Trinajstić information content (AvgIpc) is 3.28. The maximum atomic E-state index is 13.0. The molecule has 0 radical (unpaired) electrons. The van der Waals surface area contributed by atoms with Gasteiger partial charge in [0.1, 0.15) is 0 Å². The first-order valence-electron chi connectivity index (χ1n) is 7.91. The number of hydrogen-bond acceptors (Lipinski definition) is 2. The standard InChI is InChI=1S/C18H16ClNO2/c1-8-13(19)3-2-4-14(8)20-17(21)15-9-5-6-10(12-7-11(9)12)16(15)18(20)22/h2-6,9-12,15-16H,7H2,1H3/t9-,10-,11-,12-,15+,16+/m0/s1. The molecule has 112 valence electrons. The number of rotatable bonds is 1. The highest BCUT2D eigenvalue weighted by Gasteiger charge is 2.67. The Bertz CT molecular complexity index is 719. The van der Waals surface area contributed by atoms with Crippen LogP contribution in [0, 0.1) is 42.4 Å². The number of imide groups is 1. The van der Waals surface area contributed by atoms with E-state index in [0.717, 1.165) is 5.56 Å². The quantitative estimate of drug-likeness (QED) is 0.590. The van der Waals surface area contributed by atoms with Crippen LogP contribution in [0.25, 0.3) is 0 Å². The van der Waals surface area contributed by atoms with Gasteiger partial charge in [-0.25, -0.2) is 4.90 Å². The van der Waals surface area contributed by atoms with Crippen molar-refractivity contribution in [1.29, 1.82) is 0 Å². The van der Waals surface area contributed by atoms with Gasteiger partial charge in [-0.3, -0.25) is 9.59 Å². The lowest BCUT2D eigenvalue weighted by molar-refractivity contribution is -0.124. The molecule has 1 saturated heterocycles. The van der Waals surface area contributed by atoms with Gasteiger partial charge in [0, 0.05) is 5.02 Å². The molecule has 0 N–H and O–H groups in total. The number of allylic oxidation sites excluding steroid dienone is 2. The Morgan fingerprint density at radius 3 is 2.23 bits per heavy atom. The summed E-state index contributed by atoms with van der Waals surface area (Å²) < 4.78 is 0. The maximum absolute atomic E-state index is 13.0. The number of hydrogen-bond donors (Lipinski definition) is 0. The molecular formula is C18H16ClNO2. The minimum Gasteiger partial charge on any atom is -0.274 e. The molecule has 6 rings (SSSR count). The smallest absolute Gasteiger partial charge is 0.238 e. The van der Waals surface area contributed by atoms with Gasteiger partial charge in [0.2, 0.25) is 11.8 Å². The van der Waals surface area contributed by atoms with E-state index in [1.54, 1.807) is 12.1 Å². The van der Waals surface area contributed by atoms with E-state index in [4.69, 9.17) is 11.6 Å². The first-order valence-corrected chi connectivity index (χ1v) is 8.28. The zero-order valence-electron chi connectivity index (χ0n) is 12.2. The van der Waals surface area contributed by atoms with Crippen LogP contribution in [-0.2, 0) is 9.59 Å². The average molecular weight is 314 g/mol. The van der Waals surface area contributed by atoms with Gasteiger partial charge in [-0.15, -0.1) is 0 Å². The maximum Gasteiger partial charge on any atom is 0.238 e. The second-order valence-corrected chi connectivity index (χ2v) is 7.46. The lowest BCUT2D eigenvalue weighted by Gasteiger charge is -2.37. The van der Waals surface area contributed by atoms with Crippen LogP contribution in [0.3, 0.4) is 0 Å². The molecule has 1 heterocycles. The highest BCUT2D eigenvalue weighted by molar-refractivity contribution is 6.32. The van der Waals surface area contributed by atoms with Gasteiger partial charge < -0.3 is 0 Å². The third kappa shape index (κ3) is 1.38. The normalized spacial score (nSPS) is 40.9. The SMILES string of the molecule is Cc1c(Cl)cccc1N1C(=O)[C@@H]2[C@H]3C=C[C@@H]([C@@H]4C[C@@H]34)[C@H]2C1=O. The third-order valence-electron chi connectivity index (χ3n) is 6.14. The van der Waals surface area contributed by atoms with Crippen LogP contribution >= 0.6 is 11.6 Å². The summed E-state index contributed by atoms with van der Waals surface area (Å²) >= 11 is 6.18. The minimum atomic E-state index is -0.148. The molecule has 22 heavy (non-hydrogen) atoms. The van der Waals surface area contributed by atoms with E-state index >= 15 is 0 Å². The zero-order chi connectivity index (χ0) is 15.2. The van der Waals surface area contributed by atoms with Gasteiger partial charge in [0.15, 0.2) is 0 Å². The van der Waals surface area contributed by atoms with Crippen LogP contribution < -0.4 is 4.90 Å².